The van der Waals surface area contributed by atoms with Crippen molar-refractivity contribution >= 4 is 23.4 Å². The van der Waals surface area contributed by atoms with Gasteiger partial charge in [-0.3, -0.25) is 14.0 Å². The van der Waals surface area contributed by atoms with Crippen molar-refractivity contribution in [2.24, 2.45) is 5.41 Å². The normalized spacial score (nSPS) is 11.4. The fourth-order valence-corrected chi connectivity index (χ4v) is 3.29. The van der Waals surface area contributed by atoms with Crippen LogP contribution in [0, 0.1) is 12.3 Å². The van der Waals surface area contributed by atoms with Gasteiger partial charge in [0.2, 0.25) is 0 Å². The lowest BCUT2D eigenvalue weighted by Gasteiger charge is -2.16. The van der Waals surface area contributed by atoms with Crippen molar-refractivity contribution in [1.82, 2.24) is 9.38 Å². The quantitative estimate of drug-likeness (QED) is 0.441. The van der Waals surface area contributed by atoms with E-state index >= 15 is 0 Å². The van der Waals surface area contributed by atoms with Crippen LogP contribution in [-0.2, 0) is 14.3 Å². The van der Waals surface area contributed by atoms with Gasteiger partial charge in [-0.1, -0.05) is 39.0 Å². The summed E-state index contributed by atoms with van der Waals surface area (Å²) < 4.78 is 12.5. The number of imidazole rings is 1. The minimum absolute atomic E-state index is 0.0171. The molecule has 2 heterocycles. The van der Waals surface area contributed by atoms with Gasteiger partial charge in [-0.15, -0.1) is 0 Å². The van der Waals surface area contributed by atoms with E-state index in [1.807, 2.05) is 62.4 Å². The Bertz CT molecular complexity index is 1100. The van der Waals surface area contributed by atoms with E-state index < -0.39 is 0 Å². The van der Waals surface area contributed by atoms with Gasteiger partial charge in [0, 0.05) is 11.3 Å². The van der Waals surface area contributed by atoms with Gasteiger partial charge in [0.25, 0.3) is 0 Å². The highest BCUT2D eigenvalue weighted by Gasteiger charge is 2.19. The zero-order chi connectivity index (χ0) is 22.6. The Kier molecular flexibility index (Phi) is 6.63. The van der Waals surface area contributed by atoms with E-state index in [0.717, 1.165) is 16.9 Å². The predicted molar refractivity (Wildman–Crippen MR) is 120 cm³/mol. The number of aryl methyl sites for hydroxylation is 1. The van der Waals surface area contributed by atoms with E-state index in [9.17, 15) is 9.59 Å². The highest BCUT2D eigenvalue weighted by molar-refractivity contribution is 5.82. The van der Waals surface area contributed by atoms with Crippen LogP contribution >= 0.6 is 0 Å². The molecule has 0 unspecified atom stereocenters. The highest BCUT2D eigenvalue weighted by Crippen LogP contribution is 2.32. The van der Waals surface area contributed by atoms with Crippen LogP contribution in [0.4, 0.5) is 5.82 Å². The van der Waals surface area contributed by atoms with Crippen molar-refractivity contribution in [2.75, 3.05) is 18.5 Å². The maximum atomic E-state index is 12.3. The second kappa shape index (κ2) is 9.20. The van der Waals surface area contributed by atoms with E-state index in [1.54, 1.807) is 19.1 Å². The summed E-state index contributed by atoms with van der Waals surface area (Å²) in [5.41, 5.74) is 2.99. The standard InChI is InChI=1S/C24H29N3O4/c1-6-30-21(29)15-25-23-22(26-19-12-7-9-16(2)27(19)23)17-10-8-11-18(13-17)31-20(28)14-24(3,4)5/h7-13,25H,6,14-15H2,1-5H3. The van der Waals surface area contributed by atoms with Crippen LogP contribution in [0.25, 0.3) is 16.9 Å². The molecule has 1 N–H and O–H groups in total. The average Bonchev–Trinajstić information content (AvgIpc) is 3.05. The number of carbonyl (C=O) groups excluding carboxylic acids is 2. The molecule has 3 aromatic rings. The maximum absolute atomic E-state index is 12.3. The van der Waals surface area contributed by atoms with Crippen molar-refractivity contribution in [3.8, 4) is 17.0 Å². The Hall–Kier alpha value is -3.35. The lowest BCUT2D eigenvalue weighted by Crippen LogP contribution is -2.18. The number of anilines is 1. The Balaban J connectivity index is 1.96. The van der Waals surface area contributed by atoms with Crippen molar-refractivity contribution in [2.45, 2.75) is 41.0 Å². The summed E-state index contributed by atoms with van der Waals surface area (Å²) in [6, 6.07) is 13.1. The van der Waals surface area contributed by atoms with Gasteiger partial charge in [0.05, 0.1) is 13.0 Å². The number of aromatic nitrogens is 2. The number of fused-ring (bicyclic) bond motifs is 1. The van der Waals surface area contributed by atoms with E-state index in [4.69, 9.17) is 14.5 Å². The lowest BCUT2D eigenvalue weighted by molar-refractivity contribution is -0.141. The minimum Gasteiger partial charge on any atom is -0.465 e. The Morgan fingerprint density at radius 2 is 1.84 bits per heavy atom. The summed E-state index contributed by atoms with van der Waals surface area (Å²) in [6.07, 6.45) is 0.317. The predicted octanol–water partition coefficient (Wildman–Crippen LogP) is 4.63. The first-order valence-electron chi connectivity index (χ1n) is 10.4. The number of carbonyl (C=O) groups is 2. The molecule has 2 aromatic heterocycles. The summed E-state index contributed by atoms with van der Waals surface area (Å²) in [6.45, 7) is 10.1. The molecule has 0 saturated carbocycles. The average molecular weight is 424 g/mol. The number of pyridine rings is 1. The smallest absolute Gasteiger partial charge is 0.325 e. The molecular weight excluding hydrogens is 394 g/mol. The van der Waals surface area contributed by atoms with Crippen LogP contribution in [0.2, 0.25) is 0 Å². The molecule has 164 valence electrons. The van der Waals surface area contributed by atoms with Crippen molar-refractivity contribution in [1.29, 1.82) is 0 Å². The lowest BCUT2D eigenvalue weighted by atomic mass is 9.92. The third kappa shape index (κ3) is 5.63. The number of benzene rings is 1. The molecule has 0 spiro atoms. The summed E-state index contributed by atoms with van der Waals surface area (Å²) in [7, 11) is 0. The Morgan fingerprint density at radius 1 is 1.10 bits per heavy atom. The molecule has 0 aliphatic carbocycles. The number of hydrogen-bond acceptors (Lipinski definition) is 6. The maximum Gasteiger partial charge on any atom is 0.325 e. The van der Waals surface area contributed by atoms with Gasteiger partial charge >= 0.3 is 11.9 Å². The van der Waals surface area contributed by atoms with Gasteiger partial charge in [0.1, 0.15) is 29.5 Å². The molecule has 0 aliphatic rings. The first-order chi connectivity index (χ1) is 14.7. The summed E-state index contributed by atoms with van der Waals surface area (Å²) in [4.78, 5) is 28.9. The Morgan fingerprint density at radius 3 is 2.55 bits per heavy atom. The molecule has 0 fully saturated rings. The van der Waals surface area contributed by atoms with E-state index in [0.29, 0.717) is 30.3 Å². The van der Waals surface area contributed by atoms with E-state index in [2.05, 4.69) is 5.32 Å². The number of nitrogens with zero attached hydrogens (tertiary/aromatic N) is 2. The summed E-state index contributed by atoms with van der Waals surface area (Å²) in [5, 5.41) is 3.17. The van der Waals surface area contributed by atoms with Crippen LogP contribution in [-0.4, -0.2) is 34.5 Å². The largest absolute Gasteiger partial charge is 0.465 e. The van der Waals surface area contributed by atoms with E-state index in [-0.39, 0.29) is 23.9 Å². The van der Waals surface area contributed by atoms with Crippen LogP contribution in [0.15, 0.2) is 42.5 Å². The van der Waals surface area contributed by atoms with Crippen LogP contribution in [0.5, 0.6) is 5.75 Å². The van der Waals surface area contributed by atoms with Gasteiger partial charge in [0.15, 0.2) is 0 Å². The molecular formula is C24H29N3O4. The van der Waals surface area contributed by atoms with Gasteiger partial charge in [-0.05, 0) is 43.5 Å². The molecule has 0 radical (unpaired) electrons. The molecule has 31 heavy (non-hydrogen) atoms. The number of rotatable bonds is 7. The zero-order valence-electron chi connectivity index (χ0n) is 18.7. The van der Waals surface area contributed by atoms with Crippen LogP contribution < -0.4 is 10.1 Å². The fraction of sp³-hybridized carbons (Fsp3) is 0.375. The minimum atomic E-state index is -0.346. The first-order valence-corrected chi connectivity index (χ1v) is 10.4. The molecule has 0 bridgehead atoms. The van der Waals surface area contributed by atoms with Crippen LogP contribution in [0.1, 0.15) is 39.8 Å². The summed E-state index contributed by atoms with van der Waals surface area (Å²) >= 11 is 0. The molecule has 1 aromatic carbocycles. The third-order valence-corrected chi connectivity index (χ3v) is 4.56. The summed E-state index contributed by atoms with van der Waals surface area (Å²) in [5.74, 6) is 0.509. The highest BCUT2D eigenvalue weighted by atomic mass is 16.5. The van der Waals surface area contributed by atoms with Crippen molar-refractivity contribution in [3.63, 3.8) is 0 Å². The number of esters is 2. The first kappa shape index (κ1) is 22.3. The molecule has 0 atom stereocenters. The molecule has 0 saturated heterocycles. The molecule has 0 amide bonds. The molecule has 7 heteroatoms. The zero-order valence-corrected chi connectivity index (χ0v) is 18.7. The van der Waals surface area contributed by atoms with E-state index in [1.165, 1.54) is 0 Å². The number of ether oxygens (including phenoxy) is 2. The number of hydrogen-bond donors (Lipinski definition) is 1. The van der Waals surface area contributed by atoms with Crippen molar-refractivity contribution < 1.29 is 19.1 Å². The fourth-order valence-electron chi connectivity index (χ4n) is 3.29. The van der Waals surface area contributed by atoms with Gasteiger partial charge < -0.3 is 14.8 Å². The molecule has 3 rings (SSSR count). The third-order valence-electron chi connectivity index (χ3n) is 4.56. The van der Waals surface area contributed by atoms with Crippen molar-refractivity contribution in [3.05, 3.63) is 48.2 Å². The topological polar surface area (TPSA) is 81.9 Å². The van der Waals surface area contributed by atoms with Gasteiger partial charge in [-0.25, -0.2) is 4.98 Å². The van der Waals surface area contributed by atoms with Gasteiger partial charge in [-0.2, -0.15) is 0 Å². The monoisotopic (exact) mass is 423 g/mol. The second-order valence-electron chi connectivity index (χ2n) is 8.57. The second-order valence-corrected chi connectivity index (χ2v) is 8.57. The van der Waals surface area contributed by atoms with Crippen LogP contribution in [0.3, 0.4) is 0 Å². The molecule has 7 nitrogen and oxygen atoms in total. The Labute approximate surface area is 182 Å². The number of nitrogens with one attached hydrogen (secondary N) is 1. The SMILES string of the molecule is CCOC(=O)CNc1c(-c2cccc(OC(=O)CC(C)(C)C)c2)nc2cccc(C)n12. The molecule has 0 aliphatic heterocycles.